The second-order valence-corrected chi connectivity index (χ2v) is 4.88. The lowest BCUT2D eigenvalue weighted by Gasteiger charge is -2.30. The van der Waals surface area contributed by atoms with Gasteiger partial charge in [-0.3, -0.25) is 0 Å². The summed E-state index contributed by atoms with van der Waals surface area (Å²) in [7, 11) is 2.16. The van der Waals surface area contributed by atoms with Gasteiger partial charge in [0, 0.05) is 6.04 Å². The molecule has 1 aromatic carbocycles. The van der Waals surface area contributed by atoms with Crippen LogP contribution in [0.15, 0.2) is 18.2 Å². The molecule has 17 heavy (non-hydrogen) atoms. The van der Waals surface area contributed by atoms with Gasteiger partial charge < -0.3 is 10.2 Å². The molecular weight excluding hydrogens is 210 g/mol. The Morgan fingerprint density at radius 3 is 2.71 bits per heavy atom. The van der Waals surface area contributed by atoms with Crippen molar-refractivity contribution < 1.29 is 0 Å². The molecule has 0 atom stereocenters. The third-order valence-corrected chi connectivity index (χ3v) is 3.37. The summed E-state index contributed by atoms with van der Waals surface area (Å²) in [5, 5.41) is 12.6. The molecule has 1 heterocycles. The number of benzene rings is 1. The first-order chi connectivity index (χ1) is 8.19. The molecule has 0 unspecified atom stereocenters. The highest BCUT2D eigenvalue weighted by Crippen LogP contribution is 2.20. The summed E-state index contributed by atoms with van der Waals surface area (Å²) < 4.78 is 0. The third kappa shape index (κ3) is 2.98. The molecule has 1 aliphatic heterocycles. The number of likely N-dealkylation sites (tertiary alicyclic amines) is 1. The van der Waals surface area contributed by atoms with Gasteiger partial charge in [-0.1, -0.05) is 6.07 Å². The van der Waals surface area contributed by atoms with Crippen LogP contribution in [0.3, 0.4) is 0 Å². The average Bonchev–Trinajstić information content (AvgIpc) is 2.32. The van der Waals surface area contributed by atoms with Crippen molar-refractivity contribution in [3.8, 4) is 6.07 Å². The number of hydrogen-bond donors (Lipinski definition) is 1. The van der Waals surface area contributed by atoms with Crippen molar-refractivity contribution >= 4 is 5.69 Å². The first-order valence-corrected chi connectivity index (χ1v) is 6.15. The molecule has 1 aromatic rings. The smallest absolute Gasteiger partial charge is 0.101 e. The van der Waals surface area contributed by atoms with Crippen molar-refractivity contribution in [2.45, 2.75) is 25.8 Å². The Hall–Kier alpha value is -1.53. The number of nitrogens with one attached hydrogen (secondary N) is 1. The first kappa shape index (κ1) is 11.9. The summed E-state index contributed by atoms with van der Waals surface area (Å²) in [6, 6.07) is 8.69. The molecule has 90 valence electrons. The van der Waals surface area contributed by atoms with Crippen LogP contribution in [0.1, 0.15) is 24.0 Å². The fourth-order valence-electron chi connectivity index (χ4n) is 2.25. The molecule has 3 heteroatoms. The fraction of sp³-hybridized carbons (Fsp3) is 0.500. The molecular formula is C14H19N3. The molecule has 0 bridgehead atoms. The highest BCUT2D eigenvalue weighted by molar-refractivity contribution is 5.59. The van der Waals surface area contributed by atoms with Crippen molar-refractivity contribution in [3.05, 3.63) is 29.3 Å². The van der Waals surface area contributed by atoms with Gasteiger partial charge in [0.2, 0.25) is 0 Å². The topological polar surface area (TPSA) is 39.1 Å². The Morgan fingerprint density at radius 2 is 2.06 bits per heavy atom. The van der Waals surface area contributed by atoms with Crippen molar-refractivity contribution in [1.82, 2.24) is 4.90 Å². The van der Waals surface area contributed by atoms with Crippen LogP contribution in [-0.2, 0) is 0 Å². The van der Waals surface area contributed by atoms with Gasteiger partial charge >= 0.3 is 0 Å². The number of piperidine rings is 1. The minimum absolute atomic E-state index is 0.500. The fourth-order valence-corrected chi connectivity index (χ4v) is 2.25. The molecule has 1 saturated heterocycles. The Morgan fingerprint density at radius 1 is 1.35 bits per heavy atom. The van der Waals surface area contributed by atoms with Gasteiger partial charge in [-0.05, 0) is 57.6 Å². The van der Waals surface area contributed by atoms with Crippen LogP contribution in [0.5, 0.6) is 0 Å². The molecule has 0 spiro atoms. The molecule has 1 aliphatic rings. The lowest BCUT2D eigenvalue weighted by atomic mass is 10.0. The predicted molar refractivity (Wildman–Crippen MR) is 70.0 cm³/mol. The number of anilines is 1. The van der Waals surface area contributed by atoms with Crippen LogP contribution in [-0.4, -0.2) is 31.1 Å². The summed E-state index contributed by atoms with van der Waals surface area (Å²) in [4.78, 5) is 2.35. The maximum absolute atomic E-state index is 9.08. The minimum Gasteiger partial charge on any atom is -0.381 e. The van der Waals surface area contributed by atoms with Crippen molar-refractivity contribution in [1.29, 1.82) is 5.26 Å². The van der Waals surface area contributed by atoms with E-state index in [0.717, 1.165) is 37.2 Å². The molecule has 1 N–H and O–H groups in total. The highest BCUT2D eigenvalue weighted by atomic mass is 15.1. The largest absolute Gasteiger partial charge is 0.381 e. The molecule has 0 radical (unpaired) electrons. The number of aryl methyl sites for hydroxylation is 1. The lowest BCUT2D eigenvalue weighted by Crippen LogP contribution is -2.36. The van der Waals surface area contributed by atoms with Crippen LogP contribution in [0.25, 0.3) is 0 Å². The molecule has 2 rings (SSSR count). The van der Waals surface area contributed by atoms with Gasteiger partial charge in [-0.2, -0.15) is 5.26 Å². The quantitative estimate of drug-likeness (QED) is 0.846. The maximum atomic E-state index is 9.08. The van der Waals surface area contributed by atoms with E-state index in [1.807, 2.05) is 12.1 Å². The Labute approximate surface area is 103 Å². The van der Waals surface area contributed by atoms with Gasteiger partial charge in [-0.15, -0.1) is 0 Å². The Bertz CT molecular complexity index is 426. The molecule has 0 amide bonds. The molecule has 1 fully saturated rings. The van der Waals surface area contributed by atoms with E-state index in [1.165, 1.54) is 5.56 Å². The summed E-state index contributed by atoms with van der Waals surface area (Å²) in [5.74, 6) is 0. The SMILES string of the molecule is Cc1ccc(C#N)c(NC2CCN(C)CC2)c1. The minimum atomic E-state index is 0.500. The van der Waals surface area contributed by atoms with Gasteiger partial charge in [0.1, 0.15) is 6.07 Å². The Kier molecular flexibility index (Phi) is 3.65. The van der Waals surface area contributed by atoms with E-state index in [4.69, 9.17) is 5.26 Å². The van der Waals surface area contributed by atoms with Gasteiger partial charge in [0.15, 0.2) is 0 Å². The maximum Gasteiger partial charge on any atom is 0.101 e. The van der Waals surface area contributed by atoms with Crippen LogP contribution < -0.4 is 5.32 Å². The predicted octanol–water partition coefficient (Wildman–Crippen LogP) is 2.37. The van der Waals surface area contributed by atoms with E-state index in [1.54, 1.807) is 0 Å². The summed E-state index contributed by atoms with van der Waals surface area (Å²) >= 11 is 0. The molecule has 0 aromatic heterocycles. The van der Waals surface area contributed by atoms with Crippen LogP contribution >= 0.6 is 0 Å². The second kappa shape index (κ2) is 5.20. The molecule has 3 nitrogen and oxygen atoms in total. The molecule has 0 saturated carbocycles. The van der Waals surface area contributed by atoms with Crippen molar-refractivity contribution in [3.63, 3.8) is 0 Å². The van der Waals surface area contributed by atoms with Crippen LogP contribution in [0.2, 0.25) is 0 Å². The van der Waals surface area contributed by atoms with Gasteiger partial charge in [0.05, 0.1) is 11.3 Å². The lowest BCUT2D eigenvalue weighted by molar-refractivity contribution is 0.264. The van der Waals surface area contributed by atoms with Gasteiger partial charge in [-0.25, -0.2) is 0 Å². The normalized spacial score (nSPS) is 17.7. The zero-order valence-corrected chi connectivity index (χ0v) is 10.5. The van der Waals surface area contributed by atoms with Crippen LogP contribution in [0.4, 0.5) is 5.69 Å². The number of nitrogens with zero attached hydrogens (tertiary/aromatic N) is 2. The van der Waals surface area contributed by atoms with E-state index < -0.39 is 0 Å². The van der Waals surface area contributed by atoms with E-state index in [-0.39, 0.29) is 0 Å². The summed E-state index contributed by atoms with van der Waals surface area (Å²) in [6.07, 6.45) is 2.30. The standard InChI is InChI=1S/C14H19N3/c1-11-3-4-12(10-15)14(9-11)16-13-5-7-17(2)8-6-13/h3-4,9,13,16H,5-8H2,1-2H3. The van der Waals surface area contributed by atoms with E-state index in [0.29, 0.717) is 6.04 Å². The average molecular weight is 229 g/mol. The molecule has 0 aliphatic carbocycles. The number of hydrogen-bond acceptors (Lipinski definition) is 3. The van der Waals surface area contributed by atoms with E-state index in [2.05, 4.69) is 36.3 Å². The monoisotopic (exact) mass is 229 g/mol. The third-order valence-electron chi connectivity index (χ3n) is 3.37. The van der Waals surface area contributed by atoms with E-state index >= 15 is 0 Å². The van der Waals surface area contributed by atoms with Crippen LogP contribution in [0, 0.1) is 18.3 Å². The second-order valence-electron chi connectivity index (χ2n) is 4.88. The van der Waals surface area contributed by atoms with E-state index in [9.17, 15) is 0 Å². The van der Waals surface area contributed by atoms with Crippen molar-refractivity contribution in [2.24, 2.45) is 0 Å². The zero-order valence-electron chi connectivity index (χ0n) is 10.5. The van der Waals surface area contributed by atoms with Crippen molar-refractivity contribution in [2.75, 3.05) is 25.5 Å². The zero-order chi connectivity index (χ0) is 12.3. The first-order valence-electron chi connectivity index (χ1n) is 6.15. The number of nitriles is 1. The Balaban J connectivity index is 2.08. The number of rotatable bonds is 2. The summed E-state index contributed by atoms with van der Waals surface area (Å²) in [5.41, 5.74) is 2.93. The van der Waals surface area contributed by atoms with Gasteiger partial charge in [0.25, 0.3) is 0 Å². The highest BCUT2D eigenvalue weighted by Gasteiger charge is 2.17. The summed E-state index contributed by atoms with van der Waals surface area (Å²) in [6.45, 7) is 4.32.